The number of hydrogen-bond donors (Lipinski definition) is 1. The van der Waals surface area contributed by atoms with Crippen LogP contribution in [0, 0.1) is 0 Å². The zero-order valence-corrected chi connectivity index (χ0v) is 10.7. The second kappa shape index (κ2) is 7.27. The van der Waals surface area contributed by atoms with E-state index in [-0.39, 0.29) is 6.04 Å². The fourth-order valence-corrected chi connectivity index (χ4v) is 1.57. The minimum atomic E-state index is -0.404. The average molecular weight is 239 g/mol. The Morgan fingerprint density at radius 2 is 1.59 bits per heavy atom. The first-order chi connectivity index (χ1) is 8.22. The van der Waals surface area contributed by atoms with E-state index in [4.69, 9.17) is 19.9 Å². The molecule has 1 aromatic rings. The van der Waals surface area contributed by atoms with E-state index in [0.29, 0.717) is 13.2 Å². The van der Waals surface area contributed by atoms with Crippen LogP contribution in [0.4, 0.5) is 0 Å². The van der Waals surface area contributed by atoms with Gasteiger partial charge in [0, 0.05) is 13.2 Å². The zero-order valence-electron chi connectivity index (χ0n) is 10.7. The standard InChI is InChI=1S/C13H21NO3/c1-4-16-13(17-5-2)12(14)10-6-8-11(15-3)9-7-10/h6-9,12-13H,4-5,14H2,1-3H3. The molecule has 4 heteroatoms. The van der Waals surface area contributed by atoms with Crippen molar-refractivity contribution in [3.8, 4) is 5.75 Å². The molecule has 0 saturated heterocycles. The number of rotatable bonds is 7. The first-order valence-corrected chi connectivity index (χ1v) is 5.85. The summed E-state index contributed by atoms with van der Waals surface area (Å²) in [5.74, 6) is 0.810. The molecule has 0 spiro atoms. The highest BCUT2D eigenvalue weighted by Gasteiger charge is 2.19. The van der Waals surface area contributed by atoms with Crippen molar-refractivity contribution in [1.29, 1.82) is 0 Å². The topological polar surface area (TPSA) is 53.7 Å². The van der Waals surface area contributed by atoms with Crippen LogP contribution in [0.2, 0.25) is 0 Å². The van der Waals surface area contributed by atoms with Crippen molar-refractivity contribution in [2.45, 2.75) is 26.2 Å². The lowest BCUT2D eigenvalue weighted by molar-refractivity contribution is -0.149. The summed E-state index contributed by atoms with van der Waals surface area (Å²) in [6, 6.07) is 7.32. The Labute approximate surface area is 103 Å². The minimum Gasteiger partial charge on any atom is -0.497 e. The van der Waals surface area contributed by atoms with Gasteiger partial charge in [-0.3, -0.25) is 0 Å². The second-order valence-electron chi connectivity index (χ2n) is 3.58. The number of nitrogens with two attached hydrogens (primary N) is 1. The normalized spacial score (nSPS) is 12.8. The summed E-state index contributed by atoms with van der Waals surface area (Å²) < 4.78 is 16.1. The van der Waals surface area contributed by atoms with E-state index in [2.05, 4.69) is 0 Å². The molecule has 0 aliphatic carbocycles. The molecule has 2 N–H and O–H groups in total. The smallest absolute Gasteiger partial charge is 0.176 e. The Morgan fingerprint density at radius 3 is 2.00 bits per heavy atom. The minimum absolute atomic E-state index is 0.291. The van der Waals surface area contributed by atoms with E-state index in [1.807, 2.05) is 38.1 Å². The molecule has 1 atom stereocenters. The molecule has 1 unspecified atom stereocenters. The Hall–Kier alpha value is -1.10. The summed E-state index contributed by atoms with van der Waals surface area (Å²) in [4.78, 5) is 0. The molecule has 1 rings (SSSR count). The van der Waals surface area contributed by atoms with Crippen LogP contribution in [-0.4, -0.2) is 26.6 Å². The van der Waals surface area contributed by atoms with Gasteiger partial charge in [0.15, 0.2) is 6.29 Å². The molecule has 0 aliphatic heterocycles. The van der Waals surface area contributed by atoms with Crippen LogP contribution in [-0.2, 0) is 9.47 Å². The van der Waals surface area contributed by atoms with Gasteiger partial charge in [0.25, 0.3) is 0 Å². The summed E-state index contributed by atoms with van der Waals surface area (Å²) in [7, 11) is 1.64. The average Bonchev–Trinajstić information content (AvgIpc) is 2.38. The number of hydrogen-bond acceptors (Lipinski definition) is 4. The van der Waals surface area contributed by atoms with Gasteiger partial charge in [-0.2, -0.15) is 0 Å². The number of benzene rings is 1. The SMILES string of the molecule is CCOC(OCC)C(N)c1ccc(OC)cc1. The third-order valence-electron chi connectivity index (χ3n) is 2.46. The molecule has 1 aromatic carbocycles. The van der Waals surface area contributed by atoms with Gasteiger partial charge in [-0.1, -0.05) is 12.1 Å². The van der Waals surface area contributed by atoms with Gasteiger partial charge in [-0.05, 0) is 31.5 Å². The Balaban J connectivity index is 2.73. The molecule has 0 bridgehead atoms. The van der Waals surface area contributed by atoms with Gasteiger partial charge in [0.05, 0.1) is 13.2 Å². The quantitative estimate of drug-likeness (QED) is 0.740. The van der Waals surface area contributed by atoms with Gasteiger partial charge in [-0.15, -0.1) is 0 Å². The molecular formula is C13H21NO3. The van der Waals surface area contributed by atoms with Crippen molar-refractivity contribution in [1.82, 2.24) is 0 Å². The van der Waals surface area contributed by atoms with Crippen LogP contribution in [0.25, 0.3) is 0 Å². The summed E-state index contributed by atoms with van der Waals surface area (Å²) in [5, 5.41) is 0. The van der Waals surface area contributed by atoms with Crippen molar-refractivity contribution in [2.75, 3.05) is 20.3 Å². The molecule has 0 heterocycles. The van der Waals surface area contributed by atoms with Gasteiger partial charge in [0.2, 0.25) is 0 Å². The summed E-state index contributed by atoms with van der Waals surface area (Å²) in [5.41, 5.74) is 7.08. The highest BCUT2D eigenvalue weighted by molar-refractivity contribution is 5.29. The molecule has 0 saturated carbocycles. The van der Waals surface area contributed by atoms with E-state index in [9.17, 15) is 0 Å². The van der Waals surface area contributed by atoms with Crippen LogP contribution in [0.3, 0.4) is 0 Å². The molecule has 0 aromatic heterocycles. The predicted octanol–water partition coefficient (Wildman–Crippen LogP) is 2.09. The number of methoxy groups -OCH3 is 1. The lowest BCUT2D eigenvalue weighted by Gasteiger charge is -2.23. The van der Waals surface area contributed by atoms with Crippen molar-refractivity contribution >= 4 is 0 Å². The predicted molar refractivity (Wildman–Crippen MR) is 67.0 cm³/mol. The first kappa shape index (κ1) is 14.0. The highest BCUT2D eigenvalue weighted by Crippen LogP contribution is 2.20. The third kappa shape index (κ3) is 4.00. The van der Waals surface area contributed by atoms with E-state index in [1.165, 1.54) is 0 Å². The van der Waals surface area contributed by atoms with Crippen LogP contribution in [0.1, 0.15) is 25.5 Å². The lowest BCUT2D eigenvalue weighted by atomic mass is 10.1. The fraction of sp³-hybridized carbons (Fsp3) is 0.538. The number of ether oxygens (including phenoxy) is 3. The van der Waals surface area contributed by atoms with Crippen LogP contribution < -0.4 is 10.5 Å². The highest BCUT2D eigenvalue weighted by atomic mass is 16.7. The van der Waals surface area contributed by atoms with E-state index >= 15 is 0 Å². The largest absolute Gasteiger partial charge is 0.497 e. The first-order valence-electron chi connectivity index (χ1n) is 5.85. The maximum atomic E-state index is 6.11. The molecule has 0 amide bonds. The van der Waals surface area contributed by atoms with Gasteiger partial charge < -0.3 is 19.9 Å². The Bertz CT molecular complexity index is 307. The lowest BCUT2D eigenvalue weighted by Crippen LogP contribution is -2.31. The summed E-state index contributed by atoms with van der Waals surface area (Å²) in [6.45, 7) is 5.00. The molecule has 17 heavy (non-hydrogen) atoms. The molecule has 0 radical (unpaired) electrons. The Morgan fingerprint density at radius 1 is 1.06 bits per heavy atom. The maximum absolute atomic E-state index is 6.11. The zero-order chi connectivity index (χ0) is 12.7. The van der Waals surface area contributed by atoms with Crippen LogP contribution in [0.15, 0.2) is 24.3 Å². The molecule has 4 nitrogen and oxygen atoms in total. The van der Waals surface area contributed by atoms with Crippen molar-refractivity contribution in [3.63, 3.8) is 0 Å². The summed E-state index contributed by atoms with van der Waals surface area (Å²) >= 11 is 0. The molecule has 96 valence electrons. The fourth-order valence-electron chi connectivity index (χ4n) is 1.57. The van der Waals surface area contributed by atoms with Crippen molar-refractivity contribution in [2.24, 2.45) is 5.73 Å². The van der Waals surface area contributed by atoms with Crippen molar-refractivity contribution in [3.05, 3.63) is 29.8 Å². The van der Waals surface area contributed by atoms with Crippen molar-refractivity contribution < 1.29 is 14.2 Å². The second-order valence-corrected chi connectivity index (χ2v) is 3.58. The monoisotopic (exact) mass is 239 g/mol. The van der Waals surface area contributed by atoms with Gasteiger partial charge >= 0.3 is 0 Å². The molecular weight excluding hydrogens is 218 g/mol. The summed E-state index contributed by atoms with van der Waals surface area (Å²) in [6.07, 6.45) is -0.404. The van der Waals surface area contributed by atoms with Gasteiger partial charge in [0.1, 0.15) is 5.75 Å². The third-order valence-corrected chi connectivity index (χ3v) is 2.46. The molecule has 0 aliphatic rings. The van der Waals surface area contributed by atoms with Gasteiger partial charge in [-0.25, -0.2) is 0 Å². The van der Waals surface area contributed by atoms with E-state index in [0.717, 1.165) is 11.3 Å². The van der Waals surface area contributed by atoms with E-state index < -0.39 is 6.29 Å². The van der Waals surface area contributed by atoms with Crippen LogP contribution in [0.5, 0.6) is 5.75 Å². The van der Waals surface area contributed by atoms with E-state index in [1.54, 1.807) is 7.11 Å². The maximum Gasteiger partial charge on any atom is 0.176 e. The van der Waals surface area contributed by atoms with Crippen LogP contribution >= 0.6 is 0 Å². The molecule has 0 fully saturated rings. The Kier molecular flexibility index (Phi) is 5.97.